The van der Waals surface area contributed by atoms with Gasteiger partial charge in [-0.3, -0.25) is 0 Å². The smallest absolute Gasteiger partial charge is 0.444 e. The first kappa shape index (κ1) is 23.6. The number of halogens is 3. The van der Waals surface area contributed by atoms with Gasteiger partial charge in [0.1, 0.15) is 23.5 Å². The summed E-state index contributed by atoms with van der Waals surface area (Å²) in [6.45, 7) is 6.56. The monoisotopic (exact) mass is 474 g/mol. The van der Waals surface area contributed by atoms with E-state index in [1.54, 1.807) is 17.0 Å². The standard InChI is InChI=1S/C24H25F3N4O3/c1-23(2,3)34-22(32)31-11-10-17(13-31)30-21-19-12-16(6-9-20(19)28-14-29-21)15-4-7-18(8-5-15)33-24(25,26)27/h4-9,12,14,17H,10-11,13H2,1-3H3,(H,28,29,30)/t17-/m0/s1. The number of rotatable bonds is 4. The molecule has 2 aromatic carbocycles. The van der Waals surface area contributed by atoms with E-state index in [2.05, 4.69) is 20.0 Å². The van der Waals surface area contributed by atoms with Crippen molar-refractivity contribution in [2.75, 3.05) is 18.4 Å². The number of ether oxygens (including phenoxy) is 2. The van der Waals surface area contributed by atoms with Crippen LogP contribution in [-0.2, 0) is 4.74 Å². The van der Waals surface area contributed by atoms with Gasteiger partial charge in [0.15, 0.2) is 0 Å². The summed E-state index contributed by atoms with van der Waals surface area (Å²) in [5.74, 6) is 0.346. The Morgan fingerprint density at radius 3 is 2.44 bits per heavy atom. The van der Waals surface area contributed by atoms with Gasteiger partial charge in [-0.1, -0.05) is 18.2 Å². The molecule has 2 heterocycles. The number of nitrogens with zero attached hydrogens (tertiary/aromatic N) is 3. The molecule has 1 saturated heterocycles. The molecule has 0 unspecified atom stereocenters. The highest BCUT2D eigenvalue weighted by Gasteiger charge is 2.31. The fraction of sp³-hybridized carbons (Fsp3) is 0.375. The number of alkyl halides is 3. The van der Waals surface area contributed by atoms with Crippen LogP contribution < -0.4 is 10.1 Å². The molecule has 1 aliphatic rings. The van der Waals surface area contributed by atoms with Crippen molar-refractivity contribution in [3.8, 4) is 16.9 Å². The number of amides is 1. The molecule has 1 aliphatic heterocycles. The minimum atomic E-state index is -4.73. The Morgan fingerprint density at radius 2 is 1.76 bits per heavy atom. The Labute approximate surface area is 194 Å². The summed E-state index contributed by atoms with van der Waals surface area (Å²) in [6.07, 6.45) is -2.87. The van der Waals surface area contributed by atoms with Gasteiger partial charge in [0.05, 0.1) is 5.52 Å². The van der Waals surface area contributed by atoms with Crippen molar-refractivity contribution in [2.24, 2.45) is 0 Å². The Morgan fingerprint density at radius 1 is 1.06 bits per heavy atom. The van der Waals surface area contributed by atoms with Crippen LogP contribution >= 0.6 is 0 Å². The maximum absolute atomic E-state index is 12.4. The molecule has 3 aromatic rings. The molecule has 0 aliphatic carbocycles. The lowest BCUT2D eigenvalue weighted by Crippen LogP contribution is -2.36. The molecule has 0 radical (unpaired) electrons. The quantitative estimate of drug-likeness (QED) is 0.529. The van der Waals surface area contributed by atoms with Gasteiger partial charge >= 0.3 is 12.5 Å². The fourth-order valence-corrected chi connectivity index (χ4v) is 3.76. The molecule has 1 amide bonds. The SMILES string of the molecule is CC(C)(C)OC(=O)N1CC[C@H](Nc2ncnc3ccc(-c4ccc(OC(F)(F)F)cc4)cc23)C1. The van der Waals surface area contributed by atoms with E-state index < -0.39 is 12.0 Å². The average molecular weight is 474 g/mol. The lowest BCUT2D eigenvalue weighted by molar-refractivity contribution is -0.274. The van der Waals surface area contributed by atoms with Gasteiger partial charge in [-0.2, -0.15) is 0 Å². The maximum atomic E-state index is 12.4. The zero-order valence-corrected chi connectivity index (χ0v) is 19.0. The van der Waals surface area contributed by atoms with Crippen LogP contribution in [0, 0.1) is 0 Å². The van der Waals surface area contributed by atoms with Gasteiger partial charge in [-0.15, -0.1) is 13.2 Å². The Bertz CT molecular complexity index is 1180. The largest absolute Gasteiger partial charge is 0.573 e. The van der Waals surface area contributed by atoms with Crippen molar-refractivity contribution in [2.45, 2.75) is 45.2 Å². The highest BCUT2D eigenvalue weighted by molar-refractivity contribution is 5.92. The van der Waals surface area contributed by atoms with Gasteiger partial charge in [0.25, 0.3) is 0 Å². The summed E-state index contributed by atoms with van der Waals surface area (Å²) in [6, 6.07) is 11.2. The topological polar surface area (TPSA) is 76.6 Å². The van der Waals surface area contributed by atoms with Gasteiger partial charge in [0.2, 0.25) is 0 Å². The van der Waals surface area contributed by atoms with Crippen LogP contribution in [0.15, 0.2) is 48.8 Å². The summed E-state index contributed by atoms with van der Waals surface area (Å²) >= 11 is 0. The first-order valence-corrected chi connectivity index (χ1v) is 10.8. The number of benzene rings is 2. The molecule has 1 N–H and O–H groups in total. The molecule has 0 bridgehead atoms. The van der Waals surface area contributed by atoms with E-state index in [0.717, 1.165) is 28.5 Å². The zero-order valence-electron chi connectivity index (χ0n) is 19.0. The molecular formula is C24H25F3N4O3. The van der Waals surface area contributed by atoms with Gasteiger partial charge in [-0.05, 0) is 62.6 Å². The molecule has 7 nitrogen and oxygen atoms in total. The van der Waals surface area contributed by atoms with Crippen molar-refractivity contribution in [1.82, 2.24) is 14.9 Å². The number of likely N-dealkylation sites (tertiary alicyclic amines) is 1. The molecule has 180 valence electrons. The summed E-state index contributed by atoms with van der Waals surface area (Å²) in [7, 11) is 0. The summed E-state index contributed by atoms with van der Waals surface area (Å²) < 4.78 is 46.7. The second kappa shape index (κ2) is 9.00. The lowest BCUT2D eigenvalue weighted by atomic mass is 10.0. The van der Waals surface area contributed by atoms with Gasteiger partial charge in [0, 0.05) is 24.5 Å². The second-order valence-electron chi connectivity index (χ2n) is 9.08. The molecule has 4 rings (SSSR count). The average Bonchev–Trinajstić information content (AvgIpc) is 3.21. The van der Waals surface area contributed by atoms with Crippen LogP contribution in [-0.4, -0.2) is 52.1 Å². The molecule has 34 heavy (non-hydrogen) atoms. The van der Waals surface area contributed by atoms with Crippen LogP contribution in [0.4, 0.5) is 23.8 Å². The van der Waals surface area contributed by atoms with Crippen molar-refractivity contribution in [3.63, 3.8) is 0 Å². The Balaban J connectivity index is 1.51. The minimum Gasteiger partial charge on any atom is -0.444 e. The fourth-order valence-electron chi connectivity index (χ4n) is 3.76. The van der Waals surface area contributed by atoms with E-state index in [0.29, 0.717) is 18.9 Å². The van der Waals surface area contributed by atoms with E-state index in [1.807, 2.05) is 39.0 Å². The number of carbonyl (C=O) groups excluding carboxylic acids is 1. The number of anilines is 1. The second-order valence-corrected chi connectivity index (χ2v) is 9.08. The number of hydrogen-bond acceptors (Lipinski definition) is 6. The maximum Gasteiger partial charge on any atom is 0.573 e. The van der Waals surface area contributed by atoms with Crippen molar-refractivity contribution in [1.29, 1.82) is 0 Å². The zero-order chi connectivity index (χ0) is 24.5. The number of hydrogen-bond donors (Lipinski definition) is 1. The van der Waals surface area contributed by atoms with E-state index in [4.69, 9.17) is 4.74 Å². The van der Waals surface area contributed by atoms with Gasteiger partial charge < -0.3 is 19.7 Å². The highest BCUT2D eigenvalue weighted by Crippen LogP contribution is 2.30. The van der Waals surface area contributed by atoms with Crippen molar-refractivity contribution >= 4 is 22.8 Å². The first-order chi connectivity index (χ1) is 16.0. The molecule has 0 saturated carbocycles. The lowest BCUT2D eigenvalue weighted by Gasteiger charge is -2.24. The van der Waals surface area contributed by atoms with E-state index in [9.17, 15) is 18.0 Å². The van der Waals surface area contributed by atoms with Crippen LogP contribution in [0.25, 0.3) is 22.0 Å². The van der Waals surface area contributed by atoms with Crippen molar-refractivity contribution < 1.29 is 27.4 Å². The van der Waals surface area contributed by atoms with Crippen molar-refractivity contribution in [3.05, 3.63) is 48.8 Å². The van der Waals surface area contributed by atoms with E-state index >= 15 is 0 Å². The van der Waals surface area contributed by atoms with Crippen LogP contribution in [0.5, 0.6) is 5.75 Å². The molecule has 0 spiro atoms. The molecule has 1 fully saturated rings. The third kappa shape index (κ3) is 5.86. The number of carbonyl (C=O) groups is 1. The van der Waals surface area contributed by atoms with E-state index in [1.165, 1.54) is 18.5 Å². The summed E-state index contributed by atoms with van der Waals surface area (Å²) in [5, 5.41) is 4.17. The van der Waals surface area contributed by atoms with E-state index in [-0.39, 0.29) is 17.9 Å². The summed E-state index contributed by atoms with van der Waals surface area (Å²) in [5.41, 5.74) is 1.69. The molecule has 1 atom stereocenters. The Kier molecular flexibility index (Phi) is 6.24. The first-order valence-electron chi connectivity index (χ1n) is 10.8. The van der Waals surface area contributed by atoms with Gasteiger partial charge in [-0.25, -0.2) is 14.8 Å². The number of nitrogens with one attached hydrogen (secondary N) is 1. The predicted molar refractivity (Wildman–Crippen MR) is 121 cm³/mol. The third-order valence-corrected chi connectivity index (χ3v) is 5.24. The third-order valence-electron chi connectivity index (χ3n) is 5.24. The van der Waals surface area contributed by atoms with Crippen LogP contribution in [0.3, 0.4) is 0 Å². The van der Waals surface area contributed by atoms with Crippen LogP contribution in [0.2, 0.25) is 0 Å². The Hall–Kier alpha value is -3.56. The summed E-state index contributed by atoms with van der Waals surface area (Å²) in [4.78, 5) is 22.7. The normalized spacial score (nSPS) is 16.5. The molecule has 1 aromatic heterocycles. The van der Waals surface area contributed by atoms with Crippen LogP contribution in [0.1, 0.15) is 27.2 Å². The highest BCUT2D eigenvalue weighted by atomic mass is 19.4. The number of aromatic nitrogens is 2. The molecule has 10 heteroatoms. The molecular weight excluding hydrogens is 449 g/mol. The number of fused-ring (bicyclic) bond motifs is 1. The minimum absolute atomic E-state index is 0.00641. The predicted octanol–water partition coefficient (Wildman–Crippen LogP) is 5.62.